The minimum Gasteiger partial charge on any atom is -0.494 e. The van der Waals surface area contributed by atoms with Gasteiger partial charge in [-0.05, 0) is 54.3 Å². The summed E-state index contributed by atoms with van der Waals surface area (Å²) in [4.78, 5) is 25.2. The van der Waals surface area contributed by atoms with Gasteiger partial charge in [0.1, 0.15) is 5.75 Å². The first-order chi connectivity index (χ1) is 15.0. The molecule has 2 amide bonds. The maximum Gasteiger partial charge on any atom is 0.255 e. The van der Waals surface area contributed by atoms with Crippen molar-refractivity contribution in [2.24, 2.45) is 5.92 Å². The van der Waals surface area contributed by atoms with E-state index in [-0.39, 0.29) is 11.8 Å². The molecular weight excluding hydrogens is 388 g/mol. The Bertz CT molecular complexity index is 1020. The van der Waals surface area contributed by atoms with Gasteiger partial charge in [-0.15, -0.1) is 0 Å². The average Bonchev–Trinajstić information content (AvgIpc) is 2.78. The lowest BCUT2D eigenvalue weighted by atomic mass is 10.1. The van der Waals surface area contributed by atoms with Crippen LogP contribution in [0.25, 0.3) is 0 Å². The molecule has 0 spiro atoms. The molecule has 0 unspecified atom stereocenters. The number of nitrogens with one attached hydrogen (secondary N) is 2. The van der Waals surface area contributed by atoms with Crippen molar-refractivity contribution < 1.29 is 14.3 Å². The number of ether oxygens (including phenoxy) is 1. The van der Waals surface area contributed by atoms with Gasteiger partial charge in [0.25, 0.3) is 11.8 Å². The molecular formula is C26H28N2O3. The molecule has 5 nitrogen and oxygen atoms in total. The highest BCUT2D eigenvalue weighted by atomic mass is 16.5. The SMILES string of the molecule is CC(C)CCOc1cccc(C(=O)Nc2cccc(C(=O)NCc3ccccc3)c2)c1. The normalized spacial score (nSPS) is 10.5. The third-order valence-corrected chi connectivity index (χ3v) is 4.74. The number of anilines is 1. The van der Waals surface area contributed by atoms with Crippen molar-refractivity contribution >= 4 is 17.5 Å². The summed E-state index contributed by atoms with van der Waals surface area (Å²) in [5.41, 5.74) is 2.57. The quantitative estimate of drug-likeness (QED) is 0.498. The fourth-order valence-electron chi connectivity index (χ4n) is 2.96. The van der Waals surface area contributed by atoms with Gasteiger partial charge in [-0.3, -0.25) is 9.59 Å². The highest BCUT2D eigenvalue weighted by Crippen LogP contribution is 2.17. The first-order valence-corrected chi connectivity index (χ1v) is 10.5. The molecule has 0 aliphatic rings. The van der Waals surface area contributed by atoms with Crippen LogP contribution in [0.5, 0.6) is 5.75 Å². The molecule has 0 aliphatic carbocycles. The Kier molecular flexibility index (Phi) is 7.82. The van der Waals surface area contributed by atoms with Crippen LogP contribution in [-0.4, -0.2) is 18.4 Å². The number of hydrogen-bond donors (Lipinski definition) is 2. The molecule has 160 valence electrons. The molecule has 0 bridgehead atoms. The minimum absolute atomic E-state index is 0.194. The molecule has 0 atom stereocenters. The second kappa shape index (κ2) is 11.0. The Morgan fingerprint density at radius 1 is 0.839 bits per heavy atom. The summed E-state index contributed by atoms with van der Waals surface area (Å²) in [6.07, 6.45) is 0.954. The molecule has 5 heteroatoms. The lowest BCUT2D eigenvalue weighted by molar-refractivity contribution is 0.0949. The van der Waals surface area contributed by atoms with Gasteiger partial charge in [-0.1, -0.05) is 56.3 Å². The minimum atomic E-state index is -0.254. The van der Waals surface area contributed by atoms with Crippen LogP contribution in [0.3, 0.4) is 0 Å². The van der Waals surface area contributed by atoms with E-state index in [0.717, 1.165) is 12.0 Å². The zero-order chi connectivity index (χ0) is 22.1. The van der Waals surface area contributed by atoms with E-state index < -0.39 is 0 Å². The highest BCUT2D eigenvalue weighted by molar-refractivity contribution is 6.05. The predicted octanol–water partition coefficient (Wildman–Crippen LogP) is 5.29. The molecule has 0 heterocycles. The Labute approximate surface area is 183 Å². The lowest BCUT2D eigenvalue weighted by Crippen LogP contribution is -2.23. The highest BCUT2D eigenvalue weighted by Gasteiger charge is 2.10. The Morgan fingerprint density at radius 2 is 1.55 bits per heavy atom. The summed E-state index contributed by atoms with van der Waals surface area (Å²) in [6, 6.07) is 23.7. The van der Waals surface area contributed by atoms with Crippen LogP contribution in [0.1, 0.15) is 46.5 Å². The topological polar surface area (TPSA) is 67.4 Å². The van der Waals surface area contributed by atoms with E-state index in [1.165, 1.54) is 0 Å². The molecule has 0 saturated heterocycles. The summed E-state index contributed by atoms with van der Waals surface area (Å²) < 4.78 is 5.74. The van der Waals surface area contributed by atoms with Gasteiger partial charge in [-0.2, -0.15) is 0 Å². The van der Waals surface area contributed by atoms with Gasteiger partial charge in [0, 0.05) is 23.4 Å². The molecule has 0 fully saturated rings. The number of benzene rings is 3. The van der Waals surface area contributed by atoms with Crippen LogP contribution >= 0.6 is 0 Å². The van der Waals surface area contributed by atoms with Crippen LogP contribution in [0.2, 0.25) is 0 Å². The van der Waals surface area contributed by atoms with Crippen molar-refractivity contribution in [2.75, 3.05) is 11.9 Å². The number of hydrogen-bond acceptors (Lipinski definition) is 3. The van der Waals surface area contributed by atoms with Gasteiger partial charge in [-0.25, -0.2) is 0 Å². The maximum atomic E-state index is 12.7. The number of carbonyl (C=O) groups is 2. The van der Waals surface area contributed by atoms with Crippen molar-refractivity contribution in [3.8, 4) is 5.75 Å². The van der Waals surface area contributed by atoms with Crippen molar-refractivity contribution in [1.82, 2.24) is 5.32 Å². The summed E-state index contributed by atoms with van der Waals surface area (Å²) in [6.45, 7) is 5.34. The second-order valence-electron chi connectivity index (χ2n) is 7.76. The van der Waals surface area contributed by atoms with Crippen LogP contribution in [0.15, 0.2) is 78.9 Å². The zero-order valence-corrected chi connectivity index (χ0v) is 17.9. The maximum absolute atomic E-state index is 12.7. The van der Waals surface area contributed by atoms with E-state index in [9.17, 15) is 9.59 Å². The fraction of sp³-hybridized carbons (Fsp3) is 0.231. The molecule has 0 saturated carbocycles. The van der Waals surface area contributed by atoms with Crippen molar-refractivity contribution in [1.29, 1.82) is 0 Å². The second-order valence-corrected chi connectivity index (χ2v) is 7.76. The average molecular weight is 417 g/mol. The van der Waals surface area contributed by atoms with Crippen LogP contribution in [0.4, 0.5) is 5.69 Å². The smallest absolute Gasteiger partial charge is 0.255 e. The predicted molar refractivity (Wildman–Crippen MR) is 123 cm³/mol. The van der Waals surface area contributed by atoms with E-state index in [0.29, 0.717) is 41.6 Å². The monoisotopic (exact) mass is 416 g/mol. The number of carbonyl (C=O) groups excluding carboxylic acids is 2. The van der Waals surface area contributed by atoms with E-state index in [4.69, 9.17) is 4.74 Å². The molecule has 0 aromatic heterocycles. The third kappa shape index (κ3) is 7.00. The number of rotatable bonds is 9. The standard InChI is InChI=1S/C26H28N2O3/c1-19(2)14-15-31-24-13-7-11-22(17-24)26(30)28-23-12-6-10-21(16-23)25(29)27-18-20-8-4-3-5-9-20/h3-13,16-17,19H,14-15,18H2,1-2H3,(H,27,29)(H,28,30). The summed E-state index contributed by atoms with van der Waals surface area (Å²) in [7, 11) is 0. The Balaban J connectivity index is 1.60. The van der Waals surface area contributed by atoms with E-state index in [2.05, 4.69) is 24.5 Å². The Hall–Kier alpha value is -3.60. The van der Waals surface area contributed by atoms with Gasteiger partial charge in [0.05, 0.1) is 6.61 Å². The van der Waals surface area contributed by atoms with Crippen LogP contribution in [-0.2, 0) is 6.54 Å². The summed E-state index contributed by atoms with van der Waals surface area (Å²) in [5.74, 6) is 0.780. The molecule has 3 aromatic rings. The molecule has 0 radical (unpaired) electrons. The lowest BCUT2D eigenvalue weighted by Gasteiger charge is -2.11. The fourth-order valence-corrected chi connectivity index (χ4v) is 2.96. The van der Waals surface area contributed by atoms with Gasteiger partial charge in [0.2, 0.25) is 0 Å². The van der Waals surface area contributed by atoms with Crippen molar-refractivity contribution in [3.05, 3.63) is 95.6 Å². The first kappa shape index (κ1) is 22.1. The summed E-state index contributed by atoms with van der Waals surface area (Å²) >= 11 is 0. The molecule has 3 rings (SSSR count). The van der Waals surface area contributed by atoms with Gasteiger partial charge < -0.3 is 15.4 Å². The van der Waals surface area contributed by atoms with Gasteiger partial charge in [0.15, 0.2) is 0 Å². The van der Waals surface area contributed by atoms with E-state index in [1.807, 2.05) is 36.4 Å². The molecule has 2 N–H and O–H groups in total. The first-order valence-electron chi connectivity index (χ1n) is 10.5. The number of amides is 2. The molecule has 0 aliphatic heterocycles. The largest absolute Gasteiger partial charge is 0.494 e. The summed E-state index contributed by atoms with van der Waals surface area (Å²) in [5, 5.41) is 5.75. The Morgan fingerprint density at radius 3 is 2.29 bits per heavy atom. The molecule has 3 aromatic carbocycles. The van der Waals surface area contributed by atoms with E-state index >= 15 is 0 Å². The van der Waals surface area contributed by atoms with Crippen molar-refractivity contribution in [2.45, 2.75) is 26.8 Å². The van der Waals surface area contributed by atoms with E-state index in [1.54, 1.807) is 42.5 Å². The van der Waals surface area contributed by atoms with Gasteiger partial charge >= 0.3 is 0 Å². The van der Waals surface area contributed by atoms with Crippen LogP contribution in [0, 0.1) is 5.92 Å². The molecule has 31 heavy (non-hydrogen) atoms. The third-order valence-electron chi connectivity index (χ3n) is 4.74. The zero-order valence-electron chi connectivity index (χ0n) is 17.9. The van der Waals surface area contributed by atoms with Crippen molar-refractivity contribution in [3.63, 3.8) is 0 Å². The van der Waals surface area contributed by atoms with Crippen LogP contribution < -0.4 is 15.4 Å².